The zero-order chi connectivity index (χ0) is 15.1. The Balaban J connectivity index is 1.73. The molecule has 0 heterocycles. The van der Waals surface area contributed by atoms with Crippen LogP contribution in [0.25, 0.3) is 0 Å². The lowest BCUT2D eigenvalue weighted by Gasteiger charge is -2.14. The lowest BCUT2D eigenvalue weighted by atomic mass is 10.1. The van der Waals surface area contributed by atoms with Crippen molar-refractivity contribution in [2.45, 2.75) is 13.0 Å². The van der Waals surface area contributed by atoms with Gasteiger partial charge in [-0.15, -0.1) is 0 Å². The van der Waals surface area contributed by atoms with Gasteiger partial charge in [0.1, 0.15) is 18.2 Å². The Hall–Kier alpha value is -2.33. The van der Waals surface area contributed by atoms with Crippen molar-refractivity contribution in [3.05, 3.63) is 65.7 Å². The van der Waals surface area contributed by atoms with Gasteiger partial charge >= 0.3 is 0 Å². The van der Waals surface area contributed by atoms with E-state index in [1.807, 2.05) is 37.3 Å². The summed E-state index contributed by atoms with van der Waals surface area (Å²) in [6.45, 7) is 3.03. The van der Waals surface area contributed by atoms with Crippen molar-refractivity contribution in [3.63, 3.8) is 0 Å². The van der Waals surface area contributed by atoms with Gasteiger partial charge in [-0.25, -0.2) is 0 Å². The van der Waals surface area contributed by atoms with Gasteiger partial charge in [-0.3, -0.25) is 5.41 Å². The predicted octanol–water partition coefficient (Wildman–Crippen LogP) is 3.13. The lowest BCUT2D eigenvalue weighted by Crippen LogP contribution is -2.11. The number of nitrogens with one attached hydrogen (secondary N) is 1. The van der Waals surface area contributed by atoms with E-state index in [0.717, 1.165) is 11.3 Å². The van der Waals surface area contributed by atoms with E-state index in [9.17, 15) is 0 Å². The van der Waals surface area contributed by atoms with Crippen LogP contribution < -0.4 is 10.5 Å². The van der Waals surface area contributed by atoms with Gasteiger partial charge in [0.25, 0.3) is 0 Å². The van der Waals surface area contributed by atoms with E-state index in [1.54, 1.807) is 24.3 Å². The Morgan fingerprint density at radius 1 is 1.05 bits per heavy atom. The predicted molar refractivity (Wildman–Crippen MR) is 83.8 cm³/mol. The fourth-order valence-corrected chi connectivity index (χ4v) is 1.94. The number of amidine groups is 1. The number of nitrogens with two attached hydrogens (primary N) is 1. The summed E-state index contributed by atoms with van der Waals surface area (Å²) in [5.41, 5.74) is 7.24. The van der Waals surface area contributed by atoms with Gasteiger partial charge in [0, 0.05) is 5.56 Å². The maximum atomic E-state index is 7.32. The van der Waals surface area contributed by atoms with E-state index in [1.165, 1.54) is 0 Å². The molecular weight excluding hydrogens is 264 g/mol. The summed E-state index contributed by atoms with van der Waals surface area (Å²) in [5, 5.41) is 7.32. The lowest BCUT2D eigenvalue weighted by molar-refractivity contribution is 0.0439. The third kappa shape index (κ3) is 4.61. The van der Waals surface area contributed by atoms with Crippen LogP contribution >= 0.6 is 0 Å². The molecule has 4 nitrogen and oxygen atoms in total. The van der Waals surface area contributed by atoms with Gasteiger partial charge in [-0.2, -0.15) is 0 Å². The Kier molecular flexibility index (Phi) is 5.35. The summed E-state index contributed by atoms with van der Waals surface area (Å²) in [6, 6.07) is 17.2. The van der Waals surface area contributed by atoms with E-state index in [4.69, 9.17) is 20.6 Å². The Morgan fingerprint density at radius 3 is 2.33 bits per heavy atom. The van der Waals surface area contributed by atoms with Crippen LogP contribution in [0.4, 0.5) is 0 Å². The third-order valence-electron chi connectivity index (χ3n) is 3.15. The molecule has 21 heavy (non-hydrogen) atoms. The minimum Gasteiger partial charge on any atom is -0.491 e. The second kappa shape index (κ2) is 7.45. The molecule has 2 aromatic carbocycles. The van der Waals surface area contributed by atoms with Crippen molar-refractivity contribution in [2.24, 2.45) is 5.73 Å². The quantitative estimate of drug-likeness (QED) is 0.466. The third-order valence-corrected chi connectivity index (χ3v) is 3.15. The molecule has 0 radical (unpaired) electrons. The highest BCUT2D eigenvalue weighted by Crippen LogP contribution is 2.16. The van der Waals surface area contributed by atoms with E-state index in [2.05, 4.69) is 0 Å². The molecule has 110 valence electrons. The van der Waals surface area contributed by atoms with Crippen molar-refractivity contribution in [2.75, 3.05) is 13.2 Å². The number of nitrogen functional groups attached to an aromatic ring is 1. The number of benzene rings is 2. The molecule has 0 aliphatic heterocycles. The smallest absolute Gasteiger partial charge is 0.122 e. The van der Waals surface area contributed by atoms with E-state index >= 15 is 0 Å². The van der Waals surface area contributed by atoms with Gasteiger partial charge < -0.3 is 15.2 Å². The molecule has 0 saturated heterocycles. The van der Waals surface area contributed by atoms with Gasteiger partial charge in [0.15, 0.2) is 0 Å². The summed E-state index contributed by atoms with van der Waals surface area (Å²) < 4.78 is 11.3. The standard InChI is InChI=1S/C17H20N2O2/c1-13(14-5-3-2-4-6-14)20-11-12-21-16-9-7-15(8-10-16)17(18)19/h2-10,13H,11-12H2,1H3,(H3,18,19). The van der Waals surface area contributed by atoms with Crippen LogP contribution in [0.1, 0.15) is 24.2 Å². The van der Waals surface area contributed by atoms with Crippen LogP contribution in [0.5, 0.6) is 5.75 Å². The second-order valence-corrected chi connectivity index (χ2v) is 4.71. The molecular formula is C17H20N2O2. The summed E-state index contributed by atoms with van der Waals surface area (Å²) in [4.78, 5) is 0. The summed E-state index contributed by atoms with van der Waals surface area (Å²) in [7, 11) is 0. The Labute approximate surface area is 125 Å². The molecule has 0 amide bonds. The van der Waals surface area contributed by atoms with E-state index in [-0.39, 0.29) is 11.9 Å². The highest BCUT2D eigenvalue weighted by Gasteiger charge is 2.04. The first-order valence-corrected chi connectivity index (χ1v) is 6.90. The molecule has 0 saturated carbocycles. The highest BCUT2D eigenvalue weighted by molar-refractivity contribution is 5.94. The monoisotopic (exact) mass is 284 g/mol. The molecule has 0 aromatic heterocycles. The normalized spacial score (nSPS) is 11.9. The van der Waals surface area contributed by atoms with Crippen molar-refractivity contribution in [3.8, 4) is 5.75 Å². The Morgan fingerprint density at radius 2 is 1.71 bits per heavy atom. The first-order valence-electron chi connectivity index (χ1n) is 6.90. The van der Waals surface area contributed by atoms with Crippen LogP contribution in [0, 0.1) is 5.41 Å². The molecule has 0 aliphatic rings. The van der Waals surface area contributed by atoms with Crippen LogP contribution in [0.3, 0.4) is 0 Å². The molecule has 1 atom stereocenters. The average molecular weight is 284 g/mol. The maximum Gasteiger partial charge on any atom is 0.122 e. The van der Waals surface area contributed by atoms with Crippen molar-refractivity contribution in [1.82, 2.24) is 0 Å². The van der Waals surface area contributed by atoms with E-state index < -0.39 is 0 Å². The first-order chi connectivity index (χ1) is 10.2. The number of rotatable bonds is 7. The SMILES string of the molecule is CC(OCCOc1ccc(C(=N)N)cc1)c1ccccc1. The molecule has 2 rings (SSSR count). The van der Waals surface area contributed by atoms with Crippen molar-refractivity contribution < 1.29 is 9.47 Å². The fraction of sp³-hybridized carbons (Fsp3) is 0.235. The minimum atomic E-state index is 0.0508. The molecule has 4 heteroatoms. The van der Waals surface area contributed by atoms with Crippen molar-refractivity contribution >= 4 is 5.84 Å². The highest BCUT2D eigenvalue weighted by atomic mass is 16.5. The minimum absolute atomic E-state index is 0.0508. The molecule has 0 bridgehead atoms. The first kappa shape index (κ1) is 15.1. The number of hydrogen-bond acceptors (Lipinski definition) is 3. The van der Waals surface area contributed by atoms with Crippen LogP contribution in [-0.2, 0) is 4.74 Å². The average Bonchev–Trinajstić information content (AvgIpc) is 2.52. The molecule has 0 fully saturated rings. The zero-order valence-electron chi connectivity index (χ0n) is 12.1. The van der Waals surface area contributed by atoms with Crippen LogP contribution in [0.2, 0.25) is 0 Å². The van der Waals surface area contributed by atoms with E-state index in [0.29, 0.717) is 18.8 Å². The summed E-state index contributed by atoms with van der Waals surface area (Å²) in [6.07, 6.45) is 0.0508. The van der Waals surface area contributed by atoms with Crippen molar-refractivity contribution in [1.29, 1.82) is 5.41 Å². The van der Waals surface area contributed by atoms with Crippen LogP contribution in [-0.4, -0.2) is 19.0 Å². The van der Waals surface area contributed by atoms with Gasteiger partial charge in [0.2, 0.25) is 0 Å². The second-order valence-electron chi connectivity index (χ2n) is 4.71. The fourth-order valence-electron chi connectivity index (χ4n) is 1.94. The topological polar surface area (TPSA) is 68.3 Å². The van der Waals surface area contributed by atoms with Gasteiger partial charge in [0.05, 0.1) is 12.7 Å². The van der Waals surface area contributed by atoms with Crippen LogP contribution in [0.15, 0.2) is 54.6 Å². The summed E-state index contributed by atoms with van der Waals surface area (Å²) >= 11 is 0. The maximum absolute atomic E-state index is 7.32. The largest absolute Gasteiger partial charge is 0.491 e. The molecule has 2 aromatic rings. The molecule has 0 aliphatic carbocycles. The van der Waals surface area contributed by atoms with Gasteiger partial charge in [-0.05, 0) is 36.8 Å². The summed E-state index contributed by atoms with van der Waals surface area (Å²) in [5.74, 6) is 0.803. The number of hydrogen-bond donors (Lipinski definition) is 2. The molecule has 0 spiro atoms. The molecule has 1 unspecified atom stereocenters. The zero-order valence-corrected chi connectivity index (χ0v) is 12.1. The van der Waals surface area contributed by atoms with Gasteiger partial charge in [-0.1, -0.05) is 30.3 Å². The Bertz CT molecular complexity index is 567. The number of ether oxygens (including phenoxy) is 2. The molecule has 3 N–H and O–H groups in total.